The van der Waals surface area contributed by atoms with Crippen LogP contribution < -0.4 is 0 Å². The van der Waals surface area contributed by atoms with Gasteiger partial charge in [0.1, 0.15) is 6.29 Å². The minimum Gasteiger partial charge on any atom is -0.302 e. The van der Waals surface area contributed by atoms with E-state index in [4.69, 9.17) is 0 Å². The Morgan fingerprint density at radius 3 is 2.64 bits per heavy atom. The SMILES string of the molecule is CC(C)(C=O)C1=CCCCC1. The Morgan fingerprint density at radius 2 is 2.18 bits per heavy atom. The van der Waals surface area contributed by atoms with Gasteiger partial charge >= 0.3 is 0 Å². The maximum atomic E-state index is 10.7. The predicted molar refractivity (Wildman–Crippen MR) is 46.4 cm³/mol. The molecule has 0 aromatic carbocycles. The summed E-state index contributed by atoms with van der Waals surface area (Å²) in [6.45, 7) is 3.99. The van der Waals surface area contributed by atoms with Crippen LogP contribution in [0.2, 0.25) is 0 Å². The first-order valence-corrected chi connectivity index (χ1v) is 4.32. The molecule has 1 heteroatoms. The molecule has 0 unspecified atom stereocenters. The first kappa shape index (κ1) is 8.51. The van der Waals surface area contributed by atoms with E-state index in [1.807, 2.05) is 13.8 Å². The van der Waals surface area contributed by atoms with Gasteiger partial charge in [-0.05, 0) is 39.5 Å². The fraction of sp³-hybridized carbons (Fsp3) is 0.700. The van der Waals surface area contributed by atoms with E-state index < -0.39 is 0 Å². The van der Waals surface area contributed by atoms with Crippen molar-refractivity contribution in [1.29, 1.82) is 0 Å². The van der Waals surface area contributed by atoms with Crippen LogP contribution in [-0.2, 0) is 4.79 Å². The summed E-state index contributed by atoms with van der Waals surface area (Å²) in [4.78, 5) is 10.7. The van der Waals surface area contributed by atoms with Crippen LogP contribution in [0.5, 0.6) is 0 Å². The molecule has 0 aliphatic heterocycles. The zero-order valence-corrected chi connectivity index (χ0v) is 7.39. The van der Waals surface area contributed by atoms with Gasteiger partial charge in [-0.3, -0.25) is 0 Å². The lowest BCUT2D eigenvalue weighted by atomic mass is 9.80. The molecular formula is C10H16O. The Balaban J connectivity index is 2.71. The van der Waals surface area contributed by atoms with Gasteiger partial charge in [0.15, 0.2) is 0 Å². The molecule has 0 aromatic heterocycles. The predicted octanol–water partition coefficient (Wildman–Crippen LogP) is 2.71. The molecule has 11 heavy (non-hydrogen) atoms. The summed E-state index contributed by atoms with van der Waals surface area (Å²) >= 11 is 0. The zero-order chi connectivity index (χ0) is 8.32. The van der Waals surface area contributed by atoms with E-state index in [-0.39, 0.29) is 5.41 Å². The highest BCUT2D eigenvalue weighted by atomic mass is 16.1. The summed E-state index contributed by atoms with van der Waals surface area (Å²) in [7, 11) is 0. The summed E-state index contributed by atoms with van der Waals surface area (Å²) in [6.07, 6.45) is 8.11. The number of aldehydes is 1. The average molecular weight is 152 g/mol. The van der Waals surface area contributed by atoms with Crippen molar-refractivity contribution in [1.82, 2.24) is 0 Å². The topological polar surface area (TPSA) is 17.1 Å². The van der Waals surface area contributed by atoms with Gasteiger partial charge in [0.2, 0.25) is 0 Å². The highest BCUT2D eigenvalue weighted by molar-refractivity contribution is 5.63. The Bertz CT molecular complexity index is 177. The minimum absolute atomic E-state index is 0.208. The van der Waals surface area contributed by atoms with Crippen LogP contribution in [0, 0.1) is 5.41 Å². The van der Waals surface area contributed by atoms with Gasteiger partial charge < -0.3 is 4.79 Å². The second-order valence-electron chi connectivity index (χ2n) is 3.81. The van der Waals surface area contributed by atoms with Gasteiger partial charge in [-0.2, -0.15) is 0 Å². The lowest BCUT2D eigenvalue weighted by Gasteiger charge is -2.24. The van der Waals surface area contributed by atoms with Crippen molar-refractivity contribution in [2.45, 2.75) is 39.5 Å². The molecule has 0 amide bonds. The number of hydrogen-bond acceptors (Lipinski definition) is 1. The van der Waals surface area contributed by atoms with Gasteiger partial charge in [0, 0.05) is 5.41 Å². The van der Waals surface area contributed by atoms with Gasteiger partial charge in [-0.1, -0.05) is 11.6 Å². The van der Waals surface area contributed by atoms with Gasteiger partial charge in [-0.15, -0.1) is 0 Å². The Labute approximate surface area is 68.5 Å². The molecule has 1 aliphatic carbocycles. The molecule has 0 heterocycles. The smallest absolute Gasteiger partial charge is 0.129 e. The molecule has 1 aliphatic rings. The molecule has 0 radical (unpaired) electrons. The lowest BCUT2D eigenvalue weighted by Crippen LogP contribution is -2.17. The molecule has 0 saturated carbocycles. The van der Waals surface area contributed by atoms with Crippen LogP contribution in [0.4, 0.5) is 0 Å². The normalized spacial score (nSPS) is 19.3. The third-order valence-corrected chi connectivity index (χ3v) is 2.41. The van der Waals surface area contributed by atoms with Gasteiger partial charge in [-0.25, -0.2) is 0 Å². The van der Waals surface area contributed by atoms with Crippen LogP contribution in [0.1, 0.15) is 39.5 Å². The van der Waals surface area contributed by atoms with Crippen LogP contribution in [0.25, 0.3) is 0 Å². The van der Waals surface area contributed by atoms with Crippen molar-refractivity contribution < 1.29 is 4.79 Å². The van der Waals surface area contributed by atoms with Crippen LogP contribution in [-0.4, -0.2) is 6.29 Å². The number of carbonyl (C=O) groups excluding carboxylic acids is 1. The number of carbonyl (C=O) groups is 1. The molecular weight excluding hydrogens is 136 g/mol. The average Bonchev–Trinajstić information content (AvgIpc) is 2.06. The van der Waals surface area contributed by atoms with Crippen molar-refractivity contribution in [3.63, 3.8) is 0 Å². The number of hydrogen-bond donors (Lipinski definition) is 0. The second kappa shape index (κ2) is 3.21. The van der Waals surface area contributed by atoms with E-state index in [1.165, 1.54) is 18.4 Å². The Kier molecular flexibility index (Phi) is 2.48. The summed E-state index contributed by atoms with van der Waals surface area (Å²) in [5.41, 5.74) is 1.12. The third-order valence-electron chi connectivity index (χ3n) is 2.41. The minimum atomic E-state index is -0.208. The van der Waals surface area contributed by atoms with Crippen molar-refractivity contribution in [2.24, 2.45) is 5.41 Å². The standard InChI is InChI=1S/C10H16O/c1-10(2,8-11)9-6-4-3-5-7-9/h6,8H,3-5,7H2,1-2H3. The molecule has 0 N–H and O–H groups in total. The molecule has 1 nitrogen and oxygen atoms in total. The van der Waals surface area contributed by atoms with E-state index in [1.54, 1.807) is 0 Å². The van der Waals surface area contributed by atoms with E-state index >= 15 is 0 Å². The summed E-state index contributed by atoms with van der Waals surface area (Å²) in [5, 5.41) is 0. The van der Waals surface area contributed by atoms with Crippen molar-refractivity contribution in [3.8, 4) is 0 Å². The quantitative estimate of drug-likeness (QED) is 0.439. The maximum Gasteiger partial charge on any atom is 0.129 e. The highest BCUT2D eigenvalue weighted by Gasteiger charge is 2.22. The van der Waals surface area contributed by atoms with Crippen LogP contribution in [0.15, 0.2) is 11.6 Å². The van der Waals surface area contributed by atoms with Gasteiger partial charge in [0.25, 0.3) is 0 Å². The maximum absolute atomic E-state index is 10.7. The number of rotatable bonds is 2. The van der Waals surface area contributed by atoms with E-state index in [9.17, 15) is 4.79 Å². The van der Waals surface area contributed by atoms with E-state index in [0.717, 1.165) is 19.1 Å². The van der Waals surface area contributed by atoms with Crippen LogP contribution in [0.3, 0.4) is 0 Å². The molecule has 0 atom stereocenters. The zero-order valence-electron chi connectivity index (χ0n) is 7.39. The summed E-state index contributed by atoms with van der Waals surface area (Å²) in [5.74, 6) is 0. The highest BCUT2D eigenvalue weighted by Crippen LogP contribution is 2.31. The fourth-order valence-corrected chi connectivity index (χ4v) is 1.50. The molecule has 0 aromatic rings. The summed E-state index contributed by atoms with van der Waals surface area (Å²) < 4.78 is 0. The number of allylic oxidation sites excluding steroid dienone is 2. The lowest BCUT2D eigenvalue weighted by molar-refractivity contribution is -0.113. The molecule has 0 spiro atoms. The van der Waals surface area contributed by atoms with Crippen molar-refractivity contribution in [3.05, 3.63) is 11.6 Å². The molecule has 0 saturated heterocycles. The Hall–Kier alpha value is -0.590. The third kappa shape index (κ3) is 1.92. The largest absolute Gasteiger partial charge is 0.302 e. The molecule has 62 valence electrons. The summed E-state index contributed by atoms with van der Waals surface area (Å²) in [6, 6.07) is 0. The van der Waals surface area contributed by atoms with Crippen molar-refractivity contribution >= 4 is 6.29 Å². The van der Waals surface area contributed by atoms with Gasteiger partial charge in [0.05, 0.1) is 0 Å². The van der Waals surface area contributed by atoms with E-state index in [2.05, 4.69) is 6.08 Å². The molecule has 1 rings (SSSR count). The van der Waals surface area contributed by atoms with E-state index in [0.29, 0.717) is 0 Å². The molecule has 0 bridgehead atoms. The van der Waals surface area contributed by atoms with Crippen LogP contribution >= 0.6 is 0 Å². The molecule has 0 fully saturated rings. The Morgan fingerprint density at radius 1 is 1.45 bits per heavy atom. The second-order valence-corrected chi connectivity index (χ2v) is 3.81. The fourth-order valence-electron chi connectivity index (χ4n) is 1.50. The monoisotopic (exact) mass is 152 g/mol. The first-order valence-electron chi connectivity index (χ1n) is 4.32. The van der Waals surface area contributed by atoms with Crippen molar-refractivity contribution in [2.75, 3.05) is 0 Å². The first-order chi connectivity index (χ1) is 5.17.